The van der Waals surface area contributed by atoms with Gasteiger partial charge in [-0.1, -0.05) is 12.2 Å². The SMILES string of the molecule is Cc1ccn(-c2ccc(C(F)(F)F)cc2NC(=O)O[C@@H]2C[C@H]3C(=O)N[C@]4(C(=O)NS(=O)(=O)C5CC5)C[C@H]4/C=C/CCCCN(C)C(=O)[C@@H]3C2)n1. The smallest absolute Gasteiger partial charge is 0.416 e. The van der Waals surface area contributed by atoms with Crippen LogP contribution in [0.15, 0.2) is 42.6 Å². The summed E-state index contributed by atoms with van der Waals surface area (Å²) in [6.45, 7) is 2.12. The molecule has 1 aromatic carbocycles. The molecule has 2 heterocycles. The Balaban J connectivity index is 1.22. The number of allylic oxidation sites excluding steroid dienone is 1. The number of nitrogens with one attached hydrogen (secondary N) is 3. The highest BCUT2D eigenvalue weighted by atomic mass is 32.2. The molecule has 4 amide bonds. The maximum Gasteiger partial charge on any atom is 0.416 e. The number of aryl methyl sites for hydroxylation is 1. The topological polar surface area (TPSA) is 169 Å². The summed E-state index contributed by atoms with van der Waals surface area (Å²) in [6.07, 6.45) is 1.40. The Morgan fingerprint density at radius 3 is 2.52 bits per heavy atom. The second kappa shape index (κ2) is 13.4. The number of hydrogen-bond acceptors (Lipinski definition) is 8. The molecule has 17 heteroatoms. The molecule has 5 atom stereocenters. The number of ether oxygens (including phenoxy) is 1. The molecule has 2 aromatic rings. The lowest BCUT2D eigenvalue weighted by Crippen LogP contribution is -2.54. The molecular formula is C33H39F3N6O7S. The lowest BCUT2D eigenvalue weighted by atomic mass is 9.93. The fourth-order valence-electron chi connectivity index (χ4n) is 6.74. The number of halogens is 3. The van der Waals surface area contributed by atoms with Gasteiger partial charge in [0.25, 0.3) is 5.91 Å². The summed E-state index contributed by atoms with van der Waals surface area (Å²) in [7, 11) is -2.29. The van der Waals surface area contributed by atoms with Gasteiger partial charge in [-0.05, 0) is 82.6 Å². The van der Waals surface area contributed by atoms with Crippen molar-refractivity contribution in [3.8, 4) is 5.69 Å². The molecule has 50 heavy (non-hydrogen) atoms. The van der Waals surface area contributed by atoms with Gasteiger partial charge in [0.05, 0.1) is 39.7 Å². The van der Waals surface area contributed by atoms with Crippen molar-refractivity contribution in [3.63, 3.8) is 0 Å². The van der Waals surface area contributed by atoms with Crippen LogP contribution in [0.25, 0.3) is 5.69 Å². The third-order valence-corrected chi connectivity index (χ3v) is 11.6. The second-order valence-corrected chi connectivity index (χ2v) is 15.6. The molecule has 3 fully saturated rings. The first-order valence-electron chi connectivity index (χ1n) is 16.6. The van der Waals surface area contributed by atoms with E-state index in [1.165, 1.54) is 21.8 Å². The predicted molar refractivity (Wildman–Crippen MR) is 173 cm³/mol. The maximum absolute atomic E-state index is 13.9. The molecule has 13 nitrogen and oxygen atoms in total. The van der Waals surface area contributed by atoms with Crippen LogP contribution in [0.1, 0.15) is 62.6 Å². The summed E-state index contributed by atoms with van der Waals surface area (Å²) in [5, 5.41) is 8.71. The third kappa shape index (κ3) is 7.51. The minimum Gasteiger partial charge on any atom is -0.446 e. The van der Waals surface area contributed by atoms with Crippen molar-refractivity contribution in [3.05, 3.63) is 53.9 Å². The average molecular weight is 721 g/mol. The van der Waals surface area contributed by atoms with Gasteiger partial charge in [0.2, 0.25) is 21.8 Å². The zero-order valence-corrected chi connectivity index (χ0v) is 28.4. The molecular weight excluding hydrogens is 681 g/mol. The molecule has 3 N–H and O–H groups in total. The van der Waals surface area contributed by atoms with Crippen LogP contribution in [-0.4, -0.2) is 77.4 Å². The molecule has 4 aliphatic rings. The molecule has 0 radical (unpaired) electrons. The van der Waals surface area contributed by atoms with Gasteiger partial charge >= 0.3 is 12.3 Å². The number of fused-ring (bicyclic) bond motifs is 2. The number of aromatic nitrogens is 2. The largest absolute Gasteiger partial charge is 0.446 e. The second-order valence-electron chi connectivity index (χ2n) is 13.6. The van der Waals surface area contributed by atoms with Gasteiger partial charge in [-0.2, -0.15) is 18.3 Å². The summed E-state index contributed by atoms with van der Waals surface area (Å²) in [6, 6.07) is 4.44. The van der Waals surface area contributed by atoms with Crippen molar-refractivity contribution in [1.29, 1.82) is 0 Å². The van der Waals surface area contributed by atoms with Crippen LogP contribution in [0.2, 0.25) is 0 Å². The minimum atomic E-state index is -4.70. The number of nitrogens with zero attached hydrogens (tertiary/aromatic N) is 3. The summed E-state index contributed by atoms with van der Waals surface area (Å²) < 4.78 is 75.1. The monoisotopic (exact) mass is 720 g/mol. The zero-order chi connectivity index (χ0) is 36.0. The molecule has 0 bridgehead atoms. The third-order valence-electron chi connectivity index (χ3n) is 9.80. The van der Waals surface area contributed by atoms with Gasteiger partial charge in [-0.15, -0.1) is 0 Å². The van der Waals surface area contributed by atoms with Gasteiger partial charge in [0.15, 0.2) is 0 Å². The van der Waals surface area contributed by atoms with Crippen LogP contribution in [0.3, 0.4) is 0 Å². The van der Waals surface area contributed by atoms with Crippen LogP contribution in [-0.2, 0) is 35.3 Å². The summed E-state index contributed by atoms with van der Waals surface area (Å²) in [4.78, 5) is 55.7. The number of amides is 4. The van der Waals surface area contributed by atoms with Crippen molar-refractivity contribution in [2.45, 2.75) is 81.4 Å². The van der Waals surface area contributed by atoms with E-state index in [1.807, 2.05) is 6.08 Å². The Labute approximate surface area is 287 Å². The fraction of sp³-hybridized carbons (Fsp3) is 0.545. The molecule has 3 aliphatic carbocycles. The standard InChI is InChI=1S/C33H39F3N6O7S/c1-19-12-14-42(39-19)27-11-8-20(33(34,35)36)15-26(27)37-31(46)49-22-16-24-25(17-22)29(44)41(2)13-6-4-3-5-7-21-18-32(21,38-28(24)43)30(45)40-50(47,48)23-9-10-23/h5,7-8,11-12,14-15,21-25H,3-4,6,9-10,13,16-18H2,1-2H3,(H,37,46)(H,38,43)(H,40,45)/b7-5+/t21-,22-,24-,25-,32-/m1/s1. The van der Waals surface area contributed by atoms with E-state index in [2.05, 4.69) is 20.5 Å². The molecule has 3 saturated carbocycles. The van der Waals surface area contributed by atoms with E-state index in [4.69, 9.17) is 4.74 Å². The van der Waals surface area contributed by atoms with Crippen LogP contribution in [0.4, 0.5) is 23.7 Å². The van der Waals surface area contributed by atoms with E-state index in [9.17, 15) is 40.8 Å². The summed E-state index contributed by atoms with van der Waals surface area (Å²) >= 11 is 0. The molecule has 0 unspecified atom stereocenters. The fourth-order valence-corrected chi connectivity index (χ4v) is 8.11. The first kappa shape index (κ1) is 35.4. The first-order valence-corrected chi connectivity index (χ1v) is 18.1. The van der Waals surface area contributed by atoms with Crippen molar-refractivity contribution in [2.75, 3.05) is 18.9 Å². The highest BCUT2D eigenvalue weighted by Crippen LogP contribution is 2.47. The van der Waals surface area contributed by atoms with Gasteiger partial charge in [0, 0.05) is 25.7 Å². The number of carbonyl (C=O) groups is 4. The Morgan fingerprint density at radius 1 is 1.10 bits per heavy atom. The number of carbonyl (C=O) groups excluding carboxylic acids is 4. The van der Waals surface area contributed by atoms with Crippen LogP contribution in [0.5, 0.6) is 0 Å². The summed E-state index contributed by atoms with van der Waals surface area (Å²) in [5.41, 5.74) is -2.01. The first-order chi connectivity index (χ1) is 23.6. The highest BCUT2D eigenvalue weighted by molar-refractivity contribution is 7.91. The molecule has 1 aliphatic heterocycles. The van der Waals surface area contributed by atoms with Crippen molar-refractivity contribution in [2.24, 2.45) is 17.8 Å². The Kier molecular flexibility index (Phi) is 9.47. The van der Waals surface area contributed by atoms with Gasteiger partial charge in [0.1, 0.15) is 11.6 Å². The Morgan fingerprint density at radius 2 is 1.84 bits per heavy atom. The Hall–Kier alpha value is -4.41. The number of hydrogen-bond donors (Lipinski definition) is 3. The van der Waals surface area contributed by atoms with E-state index in [0.717, 1.165) is 18.6 Å². The van der Waals surface area contributed by atoms with Gasteiger partial charge < -0.3 is 15.0 Å². The number of sulfonamides is 1. The number of anilines is 1. The molecule has 1 aromatic heterocycles. The Bertz CT molecular complexity index is 1830. The normalized spacial score (nSPS) is 28.1. The van der Waals surface area contributed by atoms with E-state index in [1.54, 1.807) is 26.1 Å². The van der Waals surface area contributed by atoms with Gasteiger partial charge in [-0.3, -0.25) is 24.4 Å². The molecule has 6 rings (SSSR count). The van der Waals surface area contributed by atoms with E-state index in [-0.39, 0.29) is 36.5 Å². The van der Waals surface area contributed by atoms with Crippen molar-refractivity contribution < 1.29 is 45.5 Å². The highest BCUT2D eigenvalue weighted by Gasteiger charge is 2.62. The minimum absolute atomic E-state index is 0.0545. The van der Waals surface area contributed by atoms with Gasteiger partial charge in [-0.25, -0.2) is 17.9 Å². The number of alkyl halides is 3. The maximum atomic E-state index is 13.9. The van der Waals surface area contributed by atoms with Crippen molar-refractivity contribution in [1.82, 2.24) is 24.7 Å². The van der Waals surface area contributed by atoms with Crippen molar-refractivity contribution >= 4 is 39.5 Å². The van der Waals surface area contributed by atoms with Crippen LogP contribution >= 0.6 is 0 Å². The quantitative estimate of drug-likeness (QED) is 0.379. The summed E-state index contributed by atoms with van der Waals surface area (Å²) in [5.74, 6) is -4.31. The van der Waals surface area contributed by atoms with E-state index < -0.39 is 74.3 Å². The van der Waals surface area contributed by atoms with Crippen LogP contribution in [0, 0.1) is 24.7 Å². The zero-order valence-electron chi connectivity index (χ0n) is 27.5. The lowest BCUT2D eigenvalue weighted by Gasteiger charge is -2.26. The predicted octanol–water partition coefficient (Wildman–Crippen LogP) is 3.82. The molecule has 270 valence electrons. The molecule has 0 saturated heterocycles. The van der Waals surface area contributed by atoms with E-state index in [0.29, 0.717) is 37.9 Å². The molecule has 0 spiro atoms. The lowest BCUT2D eigenvalue weighted by molar-refractivity contribution is -0.140. The van der Waals surface area contributed by atoms with Crippen LogP contribution < -0.4 is 15.4 Å². The number of benzene rings is 1. The average Bonchev–Trinajstić information content (AvgIpc) is 3.93. The number of rotatable bonds is 6. The van der Waals surface area contributed by atoms with E-state index >= 15 is 0 Å².